The summed E-state index contributed by atoms with van der Waals surface area (Å²) < 4.78 is 16.0. The summed E-state index contributed by atoms with van der Waals surface area (Å²) in [6.45, 7) is 3.89. The lowest BCUT2D eigenvalue weighted by Crippen LogP contribution is -2.32. The molecule has 0 aromatic carbocycles. The minimum Gasteiger partial charge on any atom is -0.481 e. The van der Waals surface area contributed by atoms with Crippen LogP contribution in [-0.4, -0.2) is 30.7 Å². The van der Waals surface area contributed by atoms with Gasteiger partial charge in [0.05, 0.1) is 18.4 Å². The van der Waals surface area contributed by atoms with Gasteiger partial charge in [0, 0.05) is 19.1 Å². The van der Waals surface area contributed by atoms with Gasteiger partial charge in [-0.05, 0) is 19.1 Å². The Balaban J connectivity index is 2.22. The number of aliphatic carboxylic acids is 1. The van der Waals surface area contributed by atoms with Crippen LogP contribution >= 0.6 is 0 Å². The molecule has 7 nitrogen and oxygen atoms in total. The van der Waals surface area contributed by atoms with Crippen molar-refractivity contribution in [1.82, 2.24) is 5.32 Å². The largest absolute Gasteiger partial charge is 0.481 e. The van der Waals surface area contributed by atoms with Gasteiger partial charge in [0.2, 0.25) is 0 Å². The Hall–Kier alpha value is -2.54. The molecule has 1 unspecified atom stereocenters. The smallest absolute Gasteiger partial charge is 0.311 e. The van der Waals surface area contributed by atoms with E-state index in [0.29, 0.717) is 11.3 Å². The van der Waals surface area contributed by atoms with Gasteiger partial charge in [-0.2, -0.15) is 0 Å². The van der Waals surface area contributed by atoms with E-state index in [1.165, 1.54) is 13.4 Å². The third-order valence-corrected chi connectivity index (χ3v) is 3.60. The second-order valence-corrected chi connectivity index (χ2v) is 5.43. The first-order chi connectivity index (χ1) is 11.5. The van der Waals surface area contributed by atoms with Gasteiger partial charge in [0.15, 0.2) is 0 Å². The third kappa shape index (κ3) is 4.05. The molecule has 24 heavy (non-hydrogen) atoms. The first kappa shape index (κ1) is 17.8. The second-order valence-electron chi connectivity index (χ2n) is 5.43. The SMILES string of the molecule is CCc1ccc(C(COC)NC(=O)c2c(C)coc2CC(=O)O)o1. The summed E-state index contributed by atoms with van der Waals surface area (Å²) in [6.07, 6.45) is 1.77. The number of hydrogen-bond donors (Lipinski definition) is 2. The molecule has 0 radical (unpaired) electrons. The molecule has 0 spiro atoms. The van der Waals surface area contributed by atoms with Gasteiger partial charge < -0.3 is 24.0 Å². The lowest BCUT2D eigenvalue weighted by molar-refractivity contribution is -0.136. The van der Waals surface area contributed by atoms with E-state index in [-0.39, 0.29) is 24.4 Å². The van der Waals surface area contributed by atoms with Crippen molar-refractivity contribution < 1.29 is 28.3 Å². The number of methoxy groups -OCH3 is 1. The Morgan fingerprint density at radius 1 is 1.38 bits per heavy atom. The van der Waals surface area contributed by atoms with E-state index in [4.69, 9.17) is 18.7 Å². The first-order valence-electron chi connectivity index (χ1n) is 7.63. The van der Waals surface area contributed by atoms with Crippen LogP contribution in [0.2, 0.25) is 0 Å². The monoisotopic (exact) mass is 335 g/mol. The van der Waals surface area contributed by atoms with E-state index in [9.17, 15) is 9.59 Å². The van der Waals surface area contributed by atoms with Crippen LogP contribution in [-0.2, 0) is 22.4 Å². The number of amides is 1. The van der Waals surface area contributed by atoms with Crippen LogP contribution in [0.1, 0.15) is 46.2 Å². The molecule has 2 aromatic rings. The molecular weight excluding hydrogens is 314 g/mol. The number of carboxylic acid groups (broad SMARTS) is 1. The van der Waals surface area contributed by atoms with E-state index in [1.807, 2.05) is 13.0 Å². The lowest BCUT2D eigenvalue weighted by atomic mass is 10.1. The summed E-state index contributed by atoms with van der Waals surface area (Å²) in [5, 5.41) is 11.7. The normalized spacial score (nSPS) is 12.1. The Morgan fingerprint density at radius 3 is 2.71 bits per heavy atom. The highest BCUT2D eigenvalue weighted by Gasteiger charge is 2.24. The van der Waals surface area contributed by atoms with E-state index in [1.54, 1.807) is 13.0 Å². The zero-order chi connectivity index (χ0) is 17.7. The maximum atomic E-state index is 12.6. The zero-order valence-corrected chi connectivity index (χ0v) is 13.9. The molecule has 1 amide bonds. The van der Waals surface area contributed by atoms with Gasteiger partial charge >= 0.3 is 5.97 Å². The van der Waals surface area contributed by atoms with Crippen molar-refractivity contribution in [3.8, 4) is 0 Å². The standard InChI is InChI=1S/C17H21NO6/c1-4-11-5-6-13(24-11)12(9-22-3)18-17(21)16-10(2)8-23-14(16)7-15(19)20/h5-6,8,12H,4,7,9H2,1-3H3,(H,18,21)(H,19,20). The van der Waals surface area contributed by atoms with E-state index >= 15 is 0 Å². The first-order valence-corrected chi connectivity index (χ1v) is 7.63. The number of carbonyl (C=O) groups excluding carboxylic acids is 1. The fraction of sp³-hybridized carbons (Fsp3) is 0.412. The molecule has 0 fully saturated rings. The predicted octanol–water partition coefficient (Wildman–Crippen LogP) is 2.49. The number of nitrogens with one attached hydrogen (secondary N) is 1. The predicted molar refractivity (Wildman–Crippen MR) is 85.0 cm³/mol. The fourth-order valence-corrected chi connectivity index (χ4v) is 2.43. The number of ether oxygens (including phenoxy) is 1. The van der Waals surface area contributed by atoms with Gasteiger partial charge in [-0.15, -0.1) is 0 Å². The summed E-state index contributed by atoms with van der Waals surface area (Å²) >= 11 is 0. The second kappa shape index (κ2) is 7.83. The van der Waals surface area contributed by atoms with Crippen molar-refractivity contribution >= 4 is 11.9 Å². The van der Waals surface area contributed by atoms with Crippen molar-refractivity contribution in [3.05, 3.63) is 46.8 Å². The molecule has 0 aliphatic heterocycles. The Labute approximate surface area is 139 Å². The number of hydrogen-bond acceptors (Lipinski definition) is 5. The molecule has 2 rings (SSSR count). The van der Waals surface area contributed by atoms with Crippen molar-refractivity contribution in [2.45, 2.75) is 32.7 Å². The van der Waals surface area contributed by atoms with Crippen molar-refractivity contribution in [2.75, 3.05) is 13.7 Å². The maximum absolute atomic E-state index is 12.6. The summed E-state index contributed by atoms with van der Waals surface area (Å²) in [6, 6.07) is 3.17. The van der Waals surface area contributed by atoms with Crippen LogP contribution in [0.3, 0.4) is 0 Å². The van der Waals surface area contributed by atoms with E-state index in [0.717, 1.165) is 12.2 Å². The fourth-order valence-electron chi connectivity index (χ4n) is 2.43. The number of carboxylic acids is 1. The van der Waals surface area contributed by atoms with Crippen LogP contribution in [0.25, 0.3) is 0 Å². The number of furan rings is 2. The molecule has 0 aliphatic carbocycles. The lowest BCUT2D eigenvalue weighted by Gasteiger charge is -2.16. The summed E-state index contributed by atoms with van der Waals surface area (Å²) in [5.41, 5.74) is 0.814. The molecule has 0 aliphatic rings. The highest BCUT2D eigenvalue weighted by atomic mass is 16.5. The van der Waals surface area contributed by atoms with Gasteiger partial charge in [0.1, 0.15) is 29.7 Å². The minimum absolute atomic E-state index is 0.127. The van der Waals surface area contributed by atoms with Crippen LogP contribution in [0.4, 0.5) is 0 Å². The van der Waals surface area contributed by atoms with Crippen LogP contribution in [0.5, 0.6) is 0 Å². The summed E-state index contributed by atoms with van der Waals surface area (Å²) in [5.74, 6) is 0.0382. The quantitative estimate of drug-likeness (QED) is 0.768. The van der Waals surface area contributed by atoms with Crippen LogP contribution < -0.4 is 5.32 Å². The minimum atomic E-state index is -1.06. The highest BCUT2D eigenvalue weighted by Crippen LogP contribution is 2.21. The van der Waals surface area contributed by atoms with E-state index in [2.05, 4.69) is 5.32 Å². The number of carbonyl (C=O) groups is 2. The maximum Gasteiger partial charge on any atom is 0.311 e. The third-order valence-electron chi connectivity index (χ3n) is 3.60. The summed E-state index contributed by atoms with van der Waals surface area (Å²) in [4.78, 5) is 23.5. The Kier molecular flexibility index (Phi) is 5.81. The van der Waals surface area contributed by atoms with E-state index < -0.39 is 17.9 Å². The topological polar surface area (TPSA) is 102 Å². The van der Waals surface area contributed by atoms with Gasteiger partial charge in [-0.3, -0.25) is 9.59 Å². The van der Waals surface area contributed by atoms with Crippen molar-refractivity contribution in [2.24, 2.45) is 0 Å². The highest BCUT2D eigenvalue weighted by molar-refractivity contribution is 5.97. The van der Waals surface area contributed by atoms with Crippen LogP contribution in [0.15, 0.2) is 27.2 Å². The number of rotatable bonds is 8. The van der Waals surface area contributed by atoms with Crippen molar-refractivity contribution in [1.29, 1.82) is 0 Å². The molecule has 2 aromatic heterocycles. The van der Waals surface area contributed by atoms with Crippen LogP contribution in [0, 0.1) is 6.92 Å². The molecule has 2 heterocycles. The average molecular weight is 335 g/mol. The molecule has 2 N–H and O–H groups in total. The zero-order valence-electron chi connectivity index (χ0n) is 13.9. The Bertz CT molecular complexity index is 714. The Morgan fingerprint density at radius 2 is 2.12 bits per heavy atom. The average Bonchev–Trinajstić information content (AvgIpc) is 3.13. The van der Waals surface area contributed by atoms with Gasteiger partial charge in [-0.1, -0.05) is 6.92 Å². The number of aryl methyl sites for hydroxylation is 2. The molecule has 0 bridgehead atoms. The van der Waals surface area contributed by atoms with Gasteiger partial charge in [-0.25, -0.2) is 0 Å². The molecule has 0 saturated carbocycles. The summed E-state index contributed by atoms with van der Waals surface area (Å²) in [7, 11) is 1.53. The van der Waals surface area contributed by atoms with Gasteiger partial charge in [0.25, 0.3) is 5.91 Å². The molecule has 0 saturated heterocycles. The van der Waals surface area contributed by atoms with Crippen molar-refractivity contribution in [3.63, 3.8) is 0 Å². The molecule has 130 valence electrons. The molecule has 1 atom stereocenters. The molecular formula is C17H21NO6. The molecule has 7 heteroatoms.